The van der Waals surface area contributed by atoms with Gasteiger partial charge in [0.2, 0.25) is 5.96 Å². The fourth-order valence-electron chi connectivity index (χ4n) is 3.03. The average Bonchev–Trinajstić information content (AvgIpc) is 3.43. The highest BCUT2D eigenvalue weighted by Crippen LogP contribution is 2.29. The van der Waals surface area contributed by atoms with E-state index in [0.717, 1.165) is 0 Å². The molecule has 0 aliphatic carbocycles. The van der Waals surface area contributed by atoms with Crippen LogP contribution in [-0.2, 0) is 4.74 Å². The predicted molar refractivity (Wildman–Crippen MR) is 107 cm³/mol. The van der Waals surface area contributed by atoms with Crippen molar-refractivity contribution in [1.29, 1.82) is 5.26 Å². The predicted octanol–water partition coefficient (Wildman–Crippen LogP) is 1.18. The minimum Gasteiger partial charge on any atom is -0.442 e. The molecule has 4 rings (SSSR count). The lowest BCUT2D eigenvalue weighted by atomic mass is 10.1. The van der Waals surface area contributed by atoms with E-state index >= 15 is 0 Å². The van der Waals surface area contributed by atoms with Gasteiger partial charge in [0, 0.05) is 17.3 Å². The number of anilines is 1. The fourth-order valence-corrected chi connectivity index (χ4v) is 3.03. The standard InChI is InChI=1S/C19H16FN9O2/c20-16-7-13(28-10-14(31-19(28)30)9-24-18(22)25-11-21)2-3-15(16)12-1-4-17(23-8-12)29-26-5-6-27-29/h1-8,14H,9-10H2,(H3,22,24,25). The summed E-state index contributed by atoms with van der Waals surface area (Å²) in [6, 6.07) is 7.85. The minimum atomic E-state index is -0.614. The molecule has 1 unspecified atom stereocenters. The van der Waals surface area contributed by atoms with Gasteiger partial charge in [0.25, 0.3) is 0 Å². The molecule has 12 heteroatoms. The van der Waals surface area contributed by atoms with Gasteiger partial charge in [0.05, 0.1) is 31.2 Å². The molecule has 1 aromatic carbocycles. The van der Waals surface area contributed by atoms with E-state index in [1.54, 1.807) is 30.5 Å². The van der Waals surface area contributed by atoms with Crippen molar-refractivity contribution >= 4 is 17.7 Å². The molecular formula is C19H16FN9O2. The van der Waals surface area contributed by atoms with Gasteiger partial charge in [-0.15, -0.1) is 4.80 Å². The van der Waals surface area contributed by atoms with Crippen molar-refractivity contribution in [2.75, 3.05) is 18.0 Å². The number of nitriles is 1. The second-order valence-corrected chi connectivity index (χ2v) is 6.47. The van der Waals surface area contributed by atoms with Crippen molar-refractivity contribution in [1.82, 2.24) is 25.3 Å². The SMILES string of the molecule is N#CNC(N)=NCC1CN(c2ccc(-c3ccc(-n4nccn4)nc3)c(F)c2)C(=O)O1. The average molecular weight is 421 g/mol. The molecule has 1 atom stereocenters. The van der Waals surface area contributed by atoms with Gasteiger partial charge in [-0.3, -0.25) is 10.2 Å². The number of nitrogens with one attached hydrogen (secondary N) is 1. The van der Waals surface area contributed by atoms with Gasteiger partial charge in [-0.25, -0.2) is 19.2 Å². The van der Waals surface area contributed by atoms with E-state index < -0.39 is 18.0 Å². The van der Waals surface area contributed by atoms with Crippen LogP contribution in [-0.4, -0.2) is 51.2 Å². The number of amides is 1. The Bertz CT molecular complexity index is 1160. The molecule has 3 aromatic rings. The van der Waals surface area contributed by atoms with Gasteiger partial charge in [-0.1, -0.05) is 0 Å². The molecule has 11 nitrogen and oxygen atoms in total. The van der Waals surface area contributed by atoms with Crippen LogP contribution in [0.3, 0.4) is 0 Å². The number of ether oxygens (including phenoxy) is 1. The topological polar surface area (TPSA) is 147 Å². The van der Waals surface area contributed by atoms with E-state index in [9.17, 15) is 9.18 Å². The molecule has 0 spiro atoms. The number of rotatable bonds is 5. The van der Waals surface area contributed by atoms with Crippen LogP contribution in [0.2, 0.25) is 0 Å². The van der Waals surface area contributed by atoms with Crippen molar-refractivity contribution in [3.05, 3.63) is 54.7 Å². The molecule has 3 heterocycles. The van der Waals surface area contributed by atoms with Crippen LogP contribution < -0.4 is 16.0 Å². The molecule has 1 fully saturated rings. The Morgan fingerprint density at radius 3 is 2.84 bits per heavy atom. The first kappa shape index (κ1) is 19.8. The number of cyclic esters (lactones) is 1. The maximum atomic E-state index is 14.8. The summed E-state index contributed by atoms with van der Waals surface area (Å²) in [5, 5.41) is 18.7. The van der Waals surface area contributed by atoms with E-state index in [0.29, 0.717) is 22.6 Å². The summed E-state index contributed by atoms with van der Waals surface area (Å²) in [5.41, 5.74) is 6.72. The number of aromatic nitrogens is 4. The molecule has 1 amide bonds. The molecule has 156 valence electrons. The third kappa shape index (κ3) is 4.25. The van der Waals surface area contributed by atoms with Crippen molar-refractivity contribution in [3.8, 4) is 23.1 Å². The van der Waals surface area contributed by atoms with Gasteiger partial charge in [-0.2, -0.15) is 15.5 Å². The number of benzene rings is 1. The van der Waals surface area contributed by atoms with Crippen LogP contribution in [0.15, 0.2) is 53.9 Å². The second kappa shape index (κ2) is 8.46. The lowest BCUT2D eigenvalue weighted by molar-refractivity contribution is 0.145. The summed E-state index contributed by atoms with van der Waals surface area (Å²) in [7, 11) is 0. The molecular weight excluding hydrogens is 405 g/mol. The first-order valence-corrected chi connectivity index (χ1v) is 9.11. The molecule has 3 N–H and O–H groups in total. The van der Waals surface area contributed by atoms with Crippen LogP contribution >= 0.6 is 0 Å². The summed E-state index contributed by atoms with van der Waals surface area (Å²) in [5.74, 6) is -0.0822. The van der Waals surface area contributed by atoms with Crippen molar-refractivity contribution < 1.29 is 13.9 Å². The first-order valence-electron chi connectivity index (χ1n) is 9.11. The van der Waals surface area contributed by atoms with Gasteiger partial charge >= 0.3 is 6.09 Å². The number of aliphatic imine (C=N–C) groups is 1. The molecule has 1 aliphatic rings. The number of halogens is 1. The number of guanidine groups is 1. The quantitative estimate of drug-likeness (QED) is 0.270. The third-order valence-corrected chi connectivity index (χ3v) is 4.47. The number of hydrogen-bond acceptors (Lipinski definition) is 7. The van der Waals surface area contributed by atoms with Gasteiger partial charge in [-0.05, 0) is 30.3 Å². The van der Waals surface area contributed by atoms with Crippen molar-refractivity contribution in [2.45, 2.75) is 6.10 Å². The Hall–Kier alpha value is -4.53. The highest BCUT2D eigenvalue weighted by Gasteiger charge is 2.32. The Morgan fingerprint density at radius 2 is 2.16 bits per heavy atom. The summed E-state index contributed by atoms with van der Waals surface area (Å²) >= 11 is 0. The Balaban J connectivity index is 1.48. The number of carbonyl (C=O) groups is 1. The highest BCUT2D eigenvalue weighted by molar-refractivity contribution is 5.90. The van der Waals surface area contributed by atoms with Gasteiger partial charge < -0.3 is 10.5 Å². The maximum absolute atomic E-state index is 14.8. The van der Waals surface area contributed by atoms with E-state index in [2.05, 4.69) is 25.5 Å². The number of carbonyl (C=O) groups excluding carboxylic acids is 1. The lowest BCUT2D eigenvalue weighted by Crippen LogP contribution is -2.30. The zero-order valence-electron chi connectivity index (χ0n) is 16.0. The number of nitrogens with zero attached hydrogens (tertiary/aromatic N) is 7. The molecule has 0 radical (unpaired) electrons. The second-order valence-electron chi connectivity index (χ2n) is 6.47. The van der Waals surface area contributed by atoms with Crippen molar-refractivity contribution in [2.24, 2.45) is 10.7 Å². The minimum absolute atomic E-state index is 0.0737. The molecule has 1 aliphatic heterocycles. The molecule has 31 heavy (non-hydrogen) atoms. The molecule has 1 saturated heterocycles. The molecule has 0 bridgehead atoms. The summed E-state index contributed by atoms with van der Waals surface area (Å²) in [6.07, 6.45) is 5.05. The van der Waals surface area contributed by atoms with Gasteiger partial charge in [0.15, 0.2) is 12.0 Å². The largest absolute Gasteiger partial charge is 0.442 e. The Morgan fingerprint density at radius 1 is 1.35 bits per heavy atom. The van der Waals surface area contributed by atoms with Gasteiger partial charge in [0.1, 0.15) is 11.9 Å². The maximum Gasteiger partial charge on any atom is 0.414 e. The Labute approximate surface area is 175 Å². The third-order valence-electron chi connectivity index (χ3n) is 4.47. The van der Waals surface area contributed by atoms with Crippen molar-refractivity contribution in [3.63, 3.8) is 0 Å². The van der Waals surface area contributed by atoms with E-state index in [1.165, 1.54) is 34.4 Å². The fraction of sp³-hybridized carbons (Fsp3) is 0.158. The zero-order valence-corrected chi connectivity index (χ0v) is 16.0. The van der Waals surface area contributed by atoms with E-state index in [4.69, 9.17) is 15.7 Å². The first-order chi connectivity index (χ1) is 15.0. The number of pyridine rings is 1. The normalized spacial score (nSPS) is 16.1. The molecule has 0 saturated carbocycles. The summed E-state index contributed by atoms with van der Waals surface area (Å²) in [6.45, 7) is 0.251. The lowest BCUT2D eigenvalue weighted by Gasteiger charge is -2.14. The monoisotopic (exact) mass is 421 g/mol. The highest BCUT2D eigenvalue weighted by atomic mass is 19.1. The van der Waals surface area contributed by atoms with Crippen LogP contribution in [0, 0.1) is 17.3 Å². The summed E-state index contributed by atoms with van der Waals surface area (Å²) < 4.78 is 20.0. The van der Waals surface area contributed by atoms with Crippen LogP contribution in [0.25, 0.3) is 16.9 Å². The number of nitrogens with two attached hydrogens (primary N) is 1. The van der Waals surface area contributed by atoms with Crippen LogP contribution in [0.1, 0.15) is 0 Å². The van der Waals surface area contributed by atoms with Crippen LogP contribution in [0.4, 0.5) is 14.9 Å². The van der Waals surface area contributed by atoms with E-state index in [-0.39, 0.29) is 19.0 Å². The van der Waals surface area contributed by atoms with Crippen LogP contribution in [0.5, 0.6) is 0 Å². The van der Waals surface area contributed by atoms with E-state index in [1.807, 2.05) is 0 Å². The Kier molecular flexibility index (Phi) is 5.39. The smallest absolute Gasteiger partial charge is 0.414 e. The summed E-state index contributed by atoms with van der Waals surface area (Å²) in [4.78, 5) is 23.0. The molecule has 2 aromatic heterocycles. The zero-order chi connectivity index (χ0) is 21.8. The number of hydrogen-bond donors (Lipinski definition) is 2.